The van der Waals surface area contributed by atoms with Gasteiger partial charge in [-0.2, -0.15) is 0 Å². The molecule has 4 nitrogen and oxygen atoms in total. The van der Waals surface area contributed by atoms with E-state index in [0.717, 1.165) is 51.7 Å². The summed E-state index contributed by atoms with van der Waals surface area (Å²) in [5, 5.41) is 3.42. The largest absolute Gasteiger partial charge is 0.465 e. The lowest BCUT2D eigenvalue weighted by atomic mass is 9.79. The van der Waals surface area contributed by atoms with Crippen molar-refractivity contribution in [3.05, 3.63) is 0 Å². The first-order chi connectivity index (χ1) is 9.18. The molecule has 0 aliphatic heterocycles. The normalized spacial score (nSPS) is 27.2. The van der Waals surface area contributed by atoms with Crippen LogP contribution in [0.4, 0.5) is 0 Å². The van der Waals surface area contributed by atoms with Crippen LogP contribution in [0.1, 0.15) is 59.3 Å². The van der Waals surface area contributed by atoms with Crippen molar-refractivity contribution in [1.82, 2.24) is 5.32 Å². The van der Waals surface area contributed by atoms with Crippen molar-refractivity contribution in [2.24, 2.45) is 0 Å². The Morgan fingerprint density at radius 3 is 2.74 bits per heavy atom. The molecule has 0 bridgehead atoms. The molecule has 1 saturated carbocycles. The van der Waals surface area contributed by atoms with E-state index in [9.17, 15) is 4.79 Å². The Morgan fingerprint density at radius 1 is 1.32 bits per heavy atom. The SMILES string of the molecule is CCCNC1(C(=O)OCC)CCCC(OCCC)C1. The third-order valence-electron chi connectivity index (χ3n) is 3.64. The summed E-state index contributed by atoms with van der Waals surface area (Å²) in [7, 11) is 0. The third-order valence-corrected chi connectivity index (χ3v) is 3.64. The average molecular weight is 271 g/mol. The minimum atomic E-state index is -0.525. The van der Waals surface area contributed by atoms with E-state index in [2.05, 4.69) is 19.2 Å². The van der Waals surface area contributed by atoms with Crippen molar-refractivity contribution in [3.8, 4) is 0 Å². The van der Waals surface area contributed by atoms with Gasteiger partial charge in [-0.3, -0.25) is 4.79 Å². The van der Waals surface area contributed by atoms with Crippen molar-refractivity contribution in [1.29, 1.82) is 0 Å². The Hall–Kier alpha value is -0.610. The molecule has 112 valence electrons. The van der Waals surface area contributed by atoms with Gasteiger partial charge < -0.3 is 14.8 Å². The maximum absolute atomic E-state index is 12.3. The van der Waals surface area contributed by atoms with Gasteiger partial charge in [0.2, 0.25) is 0 Å². The number of hydrogen-bond donors (Lipinski definition) is 1. The molecule has 2 atom stereocenters. The average Bonchev–Trinajstić information content (AvgIpc) is 2.43. The van der Waals surface area contributed by atoms with Gasteiger partial charge in [-0.1, -0.05) is 13.8 Å². The Kier molecular flexibility index (Phi) is 7.39. The van der Waals surface area contributed by atoms with Crippen LogP contribution in [-0.4, -0.2) is 37.4 Å². The van der Waals surface area contributed by atoms with Gasteiger partial charge in [-0.25, -0.2) is 0 Å². The maximum atomic E-state index is 12.3. The van der Waals surface area contributed by atoms with Crippen LogP contribution in [-0.2, 0) is 14.3 Å². The molecule has 1 fully saturated rings. The van der Waals surface area contributed by atoms with Crippen molar-refractivity contribution >= 4 is 5.97 Å². The van der Waals surface area contributed by atoms with Crippen LogP contribution in [0, 0.1) is 0 Å². The fourth-order valence-electron chi connectivity index (χ4n) is 2.70. The van der Waals surface area contributed by atoms with Gasteiger partial charge in [0.1, 0.15) is 5.54 Å². The summed E-state index contributed by atoms with van der Waals surface area (Å²) in [6, 6.07) is 0. The first kappa shape index (κ1) is 16.4. The molecule has 1 N–H and O–H groups in total. The highest BCUT2D eigenvalue weighted by molar-refractivity contribution is 5.81. The van der Waals surface area contributed by atoms with Crippen LogP contribution in [0.3, 0.4) is 0 Å². The molecule has 0 aromatic heterocycles. The molecule has 0 radical (unpaired) electrons. The highest BCUT2D eigenvalue weighted by Crippen LogP contribution is 2.31. The van der Waals surface area contributed by atoms with Crippen molar-refractivity contribution < 1.29 is 14.3 Å². The second-order valence-electron chi connectivity index (χ2n) is 5.32. The molecule has 0 aromatic carbocycles. The summed E-state index contributed by atoms with van der Waals surface area (Å²) in [5.74, 6) is -0.103. The molecule has 1 aliphatic rings. The smallest absolute Gasteiger partial charge is 0.326 e. The predicted octanol–water partition coefficient (Wildman–Crippen LogP) is 2.66. The zero-order chi connectivity index (χ0) is 14.1. The molecule has 2 unspecified atom stereocenters. The second-order valence-corrected chi connectivity index (χ2v) is 5.32. The molecule has 0 heterocycles. The van der Waals surface area contributed by atoms with Gasteiger partial charge in [0, 0.05) is 13.0 Å². The van der Waals surface area contributed by atoms with Crippen molar-refractivity contribution in [3.63, 3.8) is 0 Å². The Balaban J connectivity index is 2.68. The van der Waals surface area contributed by atoms with Crippen LogP contribution in [0.25, 0.3) is 0 Å². The first-order valence-electron chi connectivity index (χ1n) is 7.72. The summed E-state index contributed by atoms with van der Waals surface area (Å²) in [6.45, 7) is 8.14. The van der Waals surface area contributed by atoms with Gasteiger partial charge in [0.05, 0.1) is 12.7 Å². The highest BCUT2D eigenvalue weighted by Gasteiger charge is 2.43. The second kappa shape index (κ2) is 8.54. The lowest BCUT2D eigenvalue weighted by molar-refractivity contribution is -0.155. The fraction of sp³-hybridized carbons (Fsp3) is 0.933. The van der Waals surface area contributed by atoms with Gasteiger partial charge in [-0.05, 0) is 45.6 Å². The van der Waals surface area contributed by atoms with Crippen LogP contribution in [0.5, 0.6) is 0 Å². The lowest BCUT2D eigenvalue weighted by Crippen LogP contribution is -2.57. The van der Waals surface area contributed by atoms with Gasteiger partial charge in [0.25, 0.3) is 0 Å². The summed E-state index contributed by atoms with van der Waals surface area (Å²) >= 11 is 0. The molecule has 19 heavy (non-hydrogen) atoms. The van der Waals surface area contributed by atoms with Gasteiger partial charge in [-0.15, -0.1) is 0 Å². The molecule has 0 amide bonds. The minimum absolute atomic E-state index is 0.103. The summed E-state index contributed by atoms with van der Waals surface area (Å²) in [5.41, 5.74) is -0.525. The standard InChI is InChI=1S/C15H29NO3/c1-4-10-16-15(14(17)18-6-3)9-7-8-13(12-15)19-11-5-2/h13,16H,4-12H2,1-3H3. The van der Waals surface area contributed by atoms with E-state index in [4.69, 9.17) is 9.47 Å². The van der Waals surface area contributed by atoms with E-state index in [1.165, 1.54) is 0 Å². The van der Waals surface area contributed by atoms with Crippen molar-refractivity contribution in [2.45, 2.75) is 70.9 Å². The molecule has 0 saturated heterocycles. The Bertz CT molecular complexity index is 270. The molecule has 4 heteroatoms. The molecule has 0 spiro atoms. The molecule has 1 aliphatic carbocycles. The monoisotopic (exact) mass is 271 g/mol. The number of carbonyl (C=O) groups is 1. The van der Waals surface area contributed by atoms with E-state index in [1.54, 1.807) is 0 Å². The zero-order valence-corrected chi connectivity index (χ0v) is 12.7. The predicted molar refractivity (Wildman–Crippen MR) is 76.2 cm³/mol. The van der Waals surface area contributed by atoms with E-state index in [1.807, 2.05) is 6.92 Å². The fourth-order valence-corrected chi connectivity index (χ4v) is 2.70. The summed E-state index contributed by atoms with van der Waals surface area (Å²) < 4.78 is 11.1. The number of rotatable bonds is 8. The summed E-state index contributed by atoms with van der Waals surface area (Å²) in [6.07, 6.45) is 5.89. The van der Waals surface area contributed by atoms with Crippen molar-refractivity contribution in [2.75, 3.05) is 19.8 Å². The van der Waals surface area contributed by atoms with E-state index < -0.39 is 5.54 Å². The lowest BCUT2D eigenvalue weighted by Gasteiger charge is -2.39. The highest BCUT2D eigenvalue weighted by atomic mass is 16.5. The first-order valence-corrected chi connectivity index (χ1v) is 7.72. The molecular weight excluding hydrogens is 242 g/mol. The zero-order valence-electron chi connectivity index (χ0n) is 12.7. The van der Waals surface area contributed by atoms with E-state index in [0.29, 0.717) is 6.61 Å². The number of carbonyl (C=O) groups excluding carboxylic acids is 1. The quantitative estimate of drug-likeness (QED) is 0.689. The van der Waals surface area contributed by atoms with E-state index in [-0.39, 0.29) is 12.1 Å². The maximum Gasteiger partial charge on any atom is 0.326 e. The van der Waals surface area contributed by atoms with Gasteiger partial charge in [0.15, 0.2) is 0 Å². The Labute approximate surface area is 117 Å². The van der Waals surface area contributed by atoms with Crippen LogP contribution < -0.4 is 5.32 Å². The molecule has 1 rings (SSSR count). The number of nitrogens with one attached hydrogen (secondary N) is 1. The molecular formula is C15H29NO3. The topological polar surface area (TPSA) is 47.6 Å². The number of esters is 1. The number of ether oxygens (including phenoxy) is 2. The molecule has 0 aromatic rings. The van der Waals surface area contributed by atoms with Crippen LogP contribution in [0.15, 0.2) is 0 Å². The third kappa shape index (κ3) is 4.77. The Morgan fingerprint density at radius 2 is 2.11 bits per heavy atom. The van der Waals surface area contributed by atoms with Gasteiger partial charge >= 0.3 is 5.97 Å². The van der Waals surface area contributed by atoms with E-state index >= 15 is 0 Å². The van der Waals surface area contributed by atoms with Crippen LogP contribution in [0.2, 0.25) is 0 Å². The van der Waals surface area contributed by atoms with Crippen LogP contribution >= 0.6 is 0 Å². The summed E-state index contributed by atoms with van der Waals surface area (Å²) in [4.78, 5) is 12.3. The minimum Gasteiger partial charge on any atom is -0.465 e. The number of hydrogen-bond acceptors (Lipinski definition) is 4.